The first kappa shape index (κ1) is 19.1. The predicted octanol–water partition coefficient (Wildman–Crippen LogP) is 2.41. The maximum Gasteiger partial charge on any atom is 0.179 e. The van der Waals surface area contributed by atoms with E-state index in [-0.39, 0.29) is 0 Å². The highest BCUT2D eigenvalue weighted by atomic mass is 16.5. The Morgan fingerprint density at radius 2 is 2.19 bits per heavy atom. The molecule has 3 rings (SSSR count). The Morgan fingerprint density at radius 1 is 1.37 bits per heavy atom. The van der Waals surface area contributed by atoms with Crippen LogP contribution in [0, 0.1) is 0 Å². The molecule has 0 unspecified atom stereocenters. The highest BCUT2D eigenvalue weighted by Crippen LogP contribution is 2.22. The van der Waals surface area contributed by atoms with Crippen LogP contribution in [0.2, 0.25) is 0 Å². The van der Waals surface area contributed by atoms with Gasteiger partial charge in [-0.3, -0.25) is 15.3 Å². The maximum absolute atomic E-state index is 6.01. The Balaban J connectivity index is 1.85. The molecule has 1 aromatic carbocycles. The Labute approximate surface area is 160 Å². The molecule has 3 N–H and O–H groups in total. The van der Waals surface area contributed by atoms with E-state index in [1.54, 1.807) is 13.4 Å². The molecule has 1 saturated heterocycles. The average Bonchev–Trinajstić information content (AvgIpc) is 2.69. The van der Waals surface area contributed by atoms with E-state index in [0.29, 0.717) is 11.9 Å². The molecule has 0 spiro atoms. The van der Waals surface area contributed by atoms with Crippen molar-refractivity contribution in [2.75, 3.05) is 26.7 Å². The smallest absolute Gasteiger partial charge is 0.179 e. The minimum atomic E-state index is 0.333. The quantitative estimate of drug-likeness (QED) is 0.834. The van der Waals surface area contributed by atoms with Crippen LogP contribution < -0.4 is 15.9 Å². The molecule has 7 nitrogen and oxygen atoms in total. The fraction of sp³-hybridized carbons (Fsp3) is 0.400. The fourth-order valence-corrected chi connectivity index (χ4v) is 3.10. The molecular formula is C20H28N6O. The molecule has 0 atom stereocenters. The third-order valence-electron chi connectivity index (χ3n) is 4.63. The zero-order valence-electron chi connectivity index (χ0n) is 16.0. The molecule has 1 aromatic rings. The van der Waals surface area contributed by atoms with Crippen molar-refractivity contribution < 1.29 is 4.74 Å². The van der Waals surface area contributed by atoms with Gasteiger partial charge in [0.2, 0.25) is 0 Å². The third-order valence-corrected chi connectivity index (χ3v) is 4.63. The van der Waals surface area contributed by atoms with Gasteiger partial charge in [-0.2, -0.15) is 0 Å². The summed E-state index contributed by atoms with van der Waals surface area (Å²) in [6, 6.07) is 8.00. The molecule has 1 fully saturated rings. The van der Waals surface area contributed by atoms with Gasteiger partial charge < -0.3 is 10.5 Å². The second-order valence-corrected chi connectivity index (χ2v) is 6.60. The number of amidine groups is 1. The van der Waals surface area contributed by atoms with Gasteiger partial charge in [-0.15, -0.1) is 0 Å². The Kier molecular flexibility index (Phi) is 6.62. The molecule has 0 aromatic heterocycles. The van der Waals surface area contributed by atoms with Gasteiger partial charge >= 0.3 is 0 Å². The highest BCUT2D eigenvalue weighted by Gasteiger charge is 2.19. The van der Waals surface area contributed by atoms with E-state index in [0.717, 1.165) is 49.6 Å². The Bertz CT molecular complexity index is 747. The summed E-state index contributed by atoms with van der Waals surface area (Å²) >= 11 is 0. The molecule has 144 valence electrons. The molecule has 7 heteroatoms. The van der Waals surface area contributed by atoms with Gasteiger partial charge in [0.1, 0.15) is 17.8 Å². The largest absolute Gasteiger partial charge is 0.497 e. The molecule has 2 aliphatic heterocycles. The van der Waals surface area contributed by atoms with Crippen LogP contribution >= 0.6 is 0 Å². The topological polar surface area (TPSA) is 78.5 Å². The number of hydrogen-bond acceptors (Lipinski definition) is 6. The second kappa shape index (κ2) is 9.34. The van der Waals surface area contributed by atoms with Crippen molar-refractivity contribution in [1.29, 1.82) is 0 Å². The van der Waals surface area contributed by atoms with Crippen LogP contribution in [0.4, 0.5) is 5.69 Å². The lowest BCUT2D eigenvalue weighted by Crippen LogP contribution is -2.41. The van der Waals surface area contributed by atoms with Crippen molar-refractivity contribution >= 4 is 17.9 Å². The maximum atomic E-state index is 6.01. The summed E-state index contributed by atoms with van der Waals surface area (Å²) in [4.78, 5) is 11.6. The summed E-state index contributed by atoms with van der Waals surface area (Å²) < 4.78 is 5.29. The van der Waals surface area contributed by atoms with Crippen LogP contribution in [0.3, 0.4) is 0 Å². The summed E-state index contributed by atoms with van der Waals surface area (Å²) in [5.74, 6) is 1.43. The average molecular weight is 368 g/mol. The molecule has 0 bridgehead atoms. The highest BCUT2D eigenvalue weighted by molar-refractivity contribution is 6.05. The zero-order valence-corrected chi connectivity index (χ0v) is 16.0. The number of methoxy groups -OCH3 is 1. The van der Waals surface area contributed by atoms with Crippen molar-refractivity contribution in [2.24, 2.45) is 15.7 Å². The molecule has 0 aliphatic carbocycles. The van der Waals surface area contributed by atoms with Gasteiger partial charge in [0.05, 0.1) is 12.8 Å². The van der Waals surface area contributed by atoms with Crippen molar-refractivity contribution in [3.8, 4) is 5.75 Å². The van der Waals surface area contributed by atoms with Crippen LogP contribution in [-0.4, -0.2) is 54.9 Å². The Hall–Kier alpha value is -2.64. The first-order valence-electron chi connectivity index (χ1n) is 9.31. The molecular weight excluding hydrogens is 340 g/mol. The van der Waals surface area contributed by atoms with Crippen molar-refractivity contribution in [2.45, 2.75) is 25.8 Å². The van der Waals surface area contributed by atoms with Gasteiger partial charge in [-0.1, -0.05) is 12.1 Å². The van der Waals surface area contributed by atoms with E-state index in [1.807, 2.05) is 48.5 Å². The lowest BCUT2D eigenvalue weighted by atomic mass is 10.1. The van der Waals surface area contributed by atoms with E-state index in [1.165, 1.54) is 0 Å². The lowest BCUT2D eigenvalue weighted by Gasteiger charge is -2.30. The first-order valence-corrected chi connectivity index (χ1v) is 9.31. The summed E-state index contributed by atoms with van der Waals surface area (Å²) in [6.45, 7) is 4.86. The van der Waals surface area contributed by atoms with Gasteiger partial charge in [0, 0.05) is 24.9 Å². The molecule has 2 heterocycles. The minimum absolute atomic E-state index is 0.333. The number of piperidine rings is 1. The van der Waals surface area contributed by atoms with Crippen molar-refractivity contribution in [1.82, 2.24) is 15.3 Å². The van der Waals surface area contributed by atoms with Gasteiger partial charge in [0.15, 0.2) is 5.84 Å². The van der Waals surface area contributed by atoms with Gasteiger partial charge in [0.25, 0.3) is 0 Å². The number of nitrogens with zero attached hydrogens (tertiary/aromatic N) is 4. The number of allylic oxidation sites excluding steroid dienone is 1. The molecule has 27 heavy (non-hydrogen) atoms. The zero-order chi connectivity index (χ0) is 19.1. The monoisotopic (exact) mass is 368 g/mol. The number of hydrazine groups is 1. The number of nitrogens with two attached hydrogens (primary N) is 1. The molecule has 2 aliphatic rings. The van der Waals surface area contributed by atoms with Crippen LogP contribution in [-0.2, 0) is 0 Å². The lowest BCUT2D eigenvalue weighted by molar-refractivity contribution is 0.232. The minimum Gasteiger partial charge on any atom is -0.497 e. The number of hydrogen-bond donors (Lipinski definition) is 2. The van der Waals surface area contributed by atoms with Crippen LogP contribution in [0.5, 0.6) is 5.75 Å². The van der Waals surface area contributed by atoms with Crippen LogP contribution in [0.25, 0.3) is 0 Å². The van der Waals surface area contributed by atoms with Crippen molar-refractivity contribution in [3.63, 3.8) is 0 Å². The summed E-state index contributed by atoms with van der Waals surface area (Å²) in [5, 5.41) is 1.93. The number of ether oxygens (including phenoxy) is 1. The number of rotatable bonds is 5. The normalized spacial score (nSPS) is 22.0. The van der Waals surface area contributed by atoms with Gasteiger partial charge in [-0.25, -0.2) is 9.98 Å². The standard InChI is InChI=1S/C20H28N6O/c1-3-10-26-19(9-13-25-11-7-16(21)8-12-25)20(22-15-23-26)24-17-5-4-6-18(14-17)27-2/h3-6,9-10,14-16H,7-8,11-13,21H2,1-2H3,(H,22,23,24)/b10-3-,19-9+. The third kappa shape index (κ3) is 5.18. The van der Waals surface area contributed by atoms with Gasteiger partial charge in [-0.05, 0) is 51.1 Å². The first-order chi connectivity index (χ1) is 13.2. The molecule has 0 radical (unpaired) electrons. The number of likely N-dealkylation sites (tertiary alicyclic amines) is 1. The molecule has 0 amide bonds. The SMILES string of the molecule is C/C=C\N1NC=NC(=Nc2cccc(OC)c2)/C1=C\CN1CCC(N)CC1. The van der Waals surface area contributed by atoms with Crippen molar-refractivity contribution in [3.05, 3.63) is 48.3 Å². The fourth-order valence-electron chi connectivity index (χ4n) is 3.10. The van der Waals surface area contributed by atoms with Crippen LogP contribution in [0.15, 0.2) is 58.3 Å². The van der Waals surface area contributed by atoms with E-state index in [9.17, 15) is 0 Å². The summed E-state index contributed by atoms with van der Waals surface area (Å²) in [5.41, 5.74) is 10.9. The van der Waals surface area contributed by atoms with E-state index in [2.05, 4.69) is 21.4 Å². The van der Waals surface area contributed by atoms with E-state index >= 15 is 0 Å². The van der Waals surface area contributed by atoms with E-state index in [4.69, 9.17) is 15.5 Å². The predicted molar refractivity (Wildman–Crippen MR) is 110 cm³/mol. The molecule has 0 saturated carbocycles. The van der Waals surface area contributed by atoms with Crippen LogP contribution in [0.1, 0.15) is 19.8 Å². The summed E-state index contributed by atoms with van der Waals surface area (Å²) in [6.07, 6.45) is 9.84. The second-order valence-electron chi connectivity index (χ2n) is 6.60. The Morgan fingerprint density at radius 3 is 2.93 bits per heavy atom. The number of benzene rings is 1. The summed E-state index contributed by atoms with van der Waals surface area (Å²) in [7, 11) is 1.65. The number of aliphatic imine (C=N–C) groups is 2. The van der Waals surface area contributed by atoms with E-state index < -0.39 is 0 Å². The number of nitrogens with one attached hydrogen (secondary N) is 1.